The van der Waals surface area contributed by atoms with Crippen molar-refractivity contribution in [3.8, 4) is 45.6 Å². The van der Waals surface area contributed by atoms with Crippen molar-refractivity contribution in [2.24, 2.45) is 33.9 Å². The van der Waals surface area contributed by atoms with E-state index in [1.807, 2.05) is 36.4 Å². The number of aliphatic hydroxyl groups is 1. The summed E-state index contributed by atoms with van der Waals surface area (Å²) in [5.41, 5.74) is 5.12. The number of aliphatic hydroxyl groups excluding tert-OH is 1. The Morgan fingerprint density at radius 1 is 0.488 bits per heavy atom. The Bertz CT molecular complexity index is 2980. The third-order valence-corrected chi connectivity index (χ3v) is 14.9. The third kappa shape index (κ3) is 17.6. The Morgan fingerprint density at radius 2 is 0.890 bits per heavy atom. The highest BCUT2D eigenvalue weighted by Gasteiger charge is 2.34. The fourth-order valence-corrected chi connectivity index (χ4v) is 10.2. The van der Waals surface area contributed by atoms with Crippen LogP contribution in [-0.2, 0) is 33.4 Å². The molecule has 5 aromatic carbocycles. The molecule has 1 atom stereocenters. The average Bonchev–Trinajstić information content (AvgIpc) is 4.09. The minimum atomic E-state index is -1.19. The van der Waals surface area contributed by atoms with Crippen LogP contribution in [0.5, 0.6) is 34.5 Å². The van der Waals surface area contributed by atoms with Crippen LogP contribution in [0.15, 0.2) is 151 Å². The third-order valence-electron chi connectivity index (χ3n) is 14.9. The molecule has 0 bridgehead atoms. The number of benzene rings is 5. The Balaban J connectivity index is 0.818. The van der Waals surface area contributed by atoms with E-state index in [1.165, 1.54) is 6.21 Å². The van der Waals surface area contributed by atoms with Crippen molar-refractivity contribution in [1.82, 2.24) is 0 Å². The minimum absolute atomic E-state index is 0.232. The lowest BCUT2D eigenvalue weighted by atomic mass is 9.81. The molecule has 0 amide bonds. The van der Waals surface area contributed by atoms with E-state index in [4.69, 9.17) is 37.9 Å². The summed E-state index contributed by atoms with van der Waals surface area (Å²) in [4.78, 5) is 62.7. The van der Waals surface area contributed by atoms with Crippen LogP contribution >= 0.6 is 0 Å². The van der Waals surface area contributed by atoms with Gasteiger partial charge in [0.1, 0.15) is 40.2 Å². The number of esters is 5. The standard InChI is InChI=1S/C66H72N2O14/c1-3-60(69)77-41-15-7-5-13-39-75-50-29-33-52(34-30-50)79-63(71)45-21-23-47(24-22-45)65(73)81-54-37-38-59(49(43-54)44-67-68-62-57-19-11-9-17-55(57)56-18-10-12-20-58(56)62)82-66(74)48-27-25-46(26-28-48)64(72)80-53-35-31-51(32-36-53)76-40-14-6-8-16-42-78-61(70)4-2/h3-4,9-12,17-20,29-38,43-48,65,73H,1-2,5-8,13-16,21-28,39-42H2/b67-44+. The molecule has 16 nitrogen and oxygen atoms in total. The number of unbranched alkanes of at least 4 members (excludes halogenated alkanes) is 6. The number of nitrogens with zero attached hydrogens (tertiary/aromatic N) is 2. The van der Waals surface area contributed by atoms with Gasteiger partial charge in [0.15, 0.2) is 6.29 Å². The summed E-state index contributed by atoms with van der Waals surface area (Å²) in [5, 5.41) is 20.6. The summed E-state index contributed by atoms with van der Waals surface area (Å²) < 4.78 is 45.4. The number of hydrogen-bond acceptors (Lipinski definition) is 16. The van der Waals surface area contributed by atoms with Crippen LogP contribution in [0.2, 0.25) is 0 Å². The van der Waals surface area contributed by atoms with Gasteiger partial charge in [0.2, 0.25) is 0 Å². The molecular formula is C66H72N2O14. The van der Waals surface area contributed by atoms with Crippen molar-refractivity contribution in [2.45, 2.75) is 109 Å². The summed E-state index contributed by atoms with van der Waals surface area (Å²) in [6.07, 6.45) is 13.4. The van der Waals surface area contributed by atoms with Crippen molar-refractivity contribution in [3.63, 3.8) is 0 Å². The molecule has 1 unspecified atom stereocenters. The van der Waals surface area contributed by atoms with E-state index in [9.17, 15) is 29.1 Å². The van der Waals surface area contributed by atoms with Gasteiger partial charge in [-0.1, -0.05) is 61.7 Å². The molecule has 0 heterocycles. The first-order valence-corrected chi connectivity index (χ1v) is 28.5. The summed E-state index contributed by atoms with van der Waals surface area (Å²) in [7, 11) is 0. The van der Waals surface area contributed by atoms with E-state index >= 15 is 0 Å². The van der Waals surface area contributed by atoms with Crippen LogP contribution in [-0.4, -0.2) is 79.6 Å². The maximum Gasteiger partial charge on any atom is 0.330 e. The van der Waals surface area contributed by atoms with Crippen LogP contribution in [0.3, 0.4) is 0 Å². The number of carbonyl (C=O) groups excluding carboxylic acids is 5. The smallest absolute Gasteiger partial charge is 0.330 e. The van der Waals surface area contributed by atoms with Gasteiger partial charge in [0, 0.05) is 34.8 Å². The molecule has 3 aliphatic carbocycles. The van der Waals surface area contributed by atoms with E-state index in [-0.39, 0.29) is 35.4 Å². The van der Waals surface area contributed by atoms with Gasteiger partial charge in [-0.05, 0) is 181 Å². The lowest BCUT2D eigenvalue weighted by Crippen LogP contribution is -2.33. The number of carbonyl (C=O) groups is 5. The number of ether oxygens (including phenoxy) is 8. The monoisotopic (exact) mass is 1120 g/mol. The maximum absolute atomic E-state index is 13.9. The molecule has 8 rings (SSSR count). The molecule has 1 N–H and O–H groups in total. The molecule has 16 heteroatoms. The molecule has 0 spiro atoms. The van der Waals surface area contributed by atoms with Crippen molar-refractivity contribution < 1.29 is 67.0 Å². The Labute approximate surface area is 479 Å². The van der Waals surface area contributed by atoms with Gasteiger partial charge in [0.05, 0.1) is 50.4 Å². The Morgan fingerprint density at radius 3 is 1.35 bits per heavy atom. The second-order valence-corrected chi connectivity index (χ2v) is 20.6. The van der Waals surface area contributed by atoms with Gasteiger partial charge in [0.25, 0.3) is 0 Å². The molecule has 430 valence electrons. The Hall–Kier alpha value is -8.37. The zero-order valence-corrected chi connectivity index (χ0v) is 46.3. The van der Waals surface area contributed by atoms with Crippen LogP contribution in [0.25, 0.3) is 11.1 Å². The fraction of sp³-hybridized carbons (Fsp3) is 0.379. The van der Waals surface area contributed by atoms with Crippen molar-refractivity contribution in [2.75, 3.05) is 26.4 Å². The van der Waals surface area contributed by atoms with Gasteiger partial charge in [-0.15, -0.1) is 5.10 Å². The maximum atomic E-state index is 13.9. The molecule has 82 heavy (non-hydrogen) atoms. The van der Waals surface area contributed by atoms with E-state index < -0.39 is 30.1 Å². The lowest BCUT2D eigenvalue weighted by Gasteiger charge is -2.30. The molecule has 0 aliphatic heterocycles. The van der Waals surface area contributed by atoms with Gasteiger partial charge in [-0.25, -0.2) is 9.59 Å². The van der Waals surface area contributed by atoms with Crippen LogP contribution in [0.1, 0.15) is 119 Å². The van der Waals surface area contributed by atoms with Gasteiger partial charge >= 0.3 is 29.8 Å². The summed E-state index contributed by atoms with van der Waals surface area (Å²) in [6.45, 7) is 8.59. The Kier molecular flexibility index (Phi) is 22.6. The first kappa shape index (κ1) is 59.7. The van der Waals surface area contributed by atoms with Crippen molar-refractivity contribution in [1.29, 1.82) is 0 Å². The number of fused-ring (bicyclic) bond motifs is 3. The predicted octanol–water partition coefficient (Wildman–Crippen LogP) is 12.3. The van der Waals surface area contributed by atoms with E-state index in [0.29, 0.717) is 118 Å². The number of rotatable bonds is 29. The molecule has 2 fully saturated rings. The first-order valence-electron chi connectivity index (χ1n) is 28.5. The van der Waals surface area contributed by atoms with Crippen molar-refractivity contribution >= 4 is 41.8 Å². The molecule has 3 aliphatic rings. The molecule has 0 radical (unpaired) electrons. The van der Waals surface area contributed by atoms with E-state index in [0.717, 1.165) is 85.8 Å². The predicted molar refractivity (Wildman–Crippen MR) is 309 cm³/mol. The largest absolute Gasteiger partial charge is 0.494 e. The highest BCUT2D eigenvalue weighted by molar-refractivity contribution is 6.24. The van der Waals surface area contributed by atoms with Crippen molar-refractivity contribution in [3.05, 3.63) is 157 Å². The SMILES string of the molecule is C=CC(=O)OCCCCCCOc1ccc(OC(=O)C2CCC(C(=O)Oc3ccc(OC(O)C4CCC(C(=O)Oc5ccc(OCCCCCCOC(=O)C=C)cc5)CC4)cc3/C=N/N=C3c4ccccc4-c4ccccc43)CC2)cc1. The molecule has 2 saturated carbocycles. The van der Waals surface area contributed by atoms with Crippen LogP contribution in [0, 0.1) is 23.7 Å². The summed E-state index contributed by atoms with van der Waals surface area (Å²) in [6, 6.07) is 34.8. The van der Waals surface area contributed by atoms with Crippen LogP contribution < -0.4 is 28.4 Å². The highest BCUT2D eigenvalue weighted by atomic mass is 16.6. The zero-order valence-electron chi connectivity index (χ0n) is 46.3. The van der Waals surface area contributed by atoms with Gasteiger partial charge in [-0.3, -0.25) is 14.4 Å². The molecule has 0 aromatic heterocycles. The highest BCUT2D eigenvalue weighted by Crippen LogP contribution is 2.38. The second-order valence-electron chi connectivity index (χ2n) is 20.6. The lowest BCUT2D eigenvalue weighted by molar-refractivity contribution is -0.145. The minimum Gasteiger partial charge on any atom is -0.494 e. The topological polar surface area (TPSA) is 204 Å². The second kappa shape index (κ2) is 31.0. The summed E-state index contributed by atoms with van der Waals surface area (Å²) in [5.74, 6) is -0.650. The molecule has 0 saturated heterocycles. The van der Waals surface area contributed by atoms with E-state index in [2.05, 4.69) is 35.5 Å². The first-order chi connectivity index (χ1) is 40.0. The van der Waals surface area contributed by atoms with Gasteiger partial charge in [-0.2, -0.15) is 5.10 Å². The fourth-order valence-electron chi connectivity index (χ4n) is 10.2. The molecule has 5 aromatic rings. The number of hydrogen-bond donors (Lipinski definition) is 1. The normalized spacial score (nSPS) is 17.5. The quantitative estimate of drug-likeness (QED) is 0.00883. The van der Waals surface area contributed by atoms with Crippen LogP contribution in [0.4, 0.5) is 0 Å². The van der Waals surface area contributed by atoms with E-state index in [1.54, 1.807) is 66.7 Å². The van der Waals surface area contributed by atoms with Gasteiger partial charge < -0.3 is 43.0 Å². The average molecular weight is 1120 g/mol. The molecular weight excluding hydrogens is 1040 g/mol. The zero-order chi connectivity index (χ0) is 57.5. The summed E-state index contributed by atoms with van der Waals surface area (Å²) >= 11 is 0.